The van der Waals surface area contributed by atoms with E-state index in [0.29, 0.717) is 34.3 Å². The Morgan fingerprint density at radius 2 is 1.80 bits per heavy atom. The molecule has 0 spiro atoms. The molecule has 0 aliphatic carbocycles. The number of halogens is 3. The van der Waals surface area contributed by atoms with Gasteiger partial charge in [0, 0.05) is 27.6 Å². The van der Waals surface area contributed by atoms with E-state index in [9.17, 15) is 18.0 Å². The van der Waals surface area contributed by atoms with E-state index < -0.39 is 28.5 Å². The number of rotatable bonds is 11. The molecule has 1 N–H and O–H groups in total. The van der Waals surface area contributed by atoms with Crippen molar-refractivity contribution in [2.45, 2.75) is 46.2 Å². The van der Waals surface area contributed by atoms with Crippen LogP contribution in [0.5, 0.6) is 0 Å². The van der Waals surface area contributed by atoms with Gasteiger partial charge in [-0.25, -0.2) is 8.42 Å². The fourth-order valence-corrected chi connectivity index (χ4v) is 5.07. The summed E-state index contributed by atoms with van der Waals surface area (Å²) in [6, 6.07) is 9.12. The summed E-state index contributed by atoms with van der Waals surface area (Å²) in [6.07, 6.45) is 2.12. The molecule has 0 aliphatic rings. The second-order valence-corrected chi connectivity index (χ2v) is 11.8. The molecule has 0 aromatic heterocycles. The smallest absolute Gasteiger partial charge is 0.244 e. The van der Waals surface area contributed by atoms with Crippen LogP contribution in [0, 0.1) is 6.92 Å². The highest BCUT2D eigenvalue weighted by Gasteiger charge is 2.32. The van der Waals surface area contributed by atoms with Crippen LogP contribution in [-0.2, 0) is 26.2 Å². The van der Waals surface area contributed by atoms with E-state index in [0.717, 1.165) is 27.0 Å². The maximum absolute atomic E-state index is 13.6. The average Bonchev–Trinajstić information content (AvgIpc) is 2.78. The topological polar surface area (TPSA) is 86.8 Å². The zero-order chi connectivity index (χ0) is 26.3. The number of carbonyl (C=O) groups is 2. The first-order valence-corrected chi connectivity index (χ1v) is 14.5. The van der Waals surface area contributed by atoms with Gasteiger partial charge < -0.3 is 10.2 Å². The molecule has 2 aromatic rings. The maximum Gasteiger partial charge on any atom is 0.244 e. The van der Waals surface area contributed by atoms with Crippen LogP contribution in [0.3, 0.4) is 0 Å². The lowest BCUT2D eigenvalue weighted by Gasteiger charge is -2.33. The third-order valence-corrected chi connectivity index (χ3v) is 8.02. The molecule has 0 unspecified atom stereocenters. The van der Waals surface area contributed by atoms with Crippen molar-refractivity contribution in [2.75, 3.05) is 23.7 Å². The predicted octanol–water partition coefficient (Wildman–Crippen LogP) is 5.16. The first kappa shape index (κ1) is 29.4. The summed E-state index contributed by atoms with van der Waals surface area (Å²) in [4.78, 5) is 28.0. The van der Waals surface area contributed by atoms with Gasteiger partial charge in [-0.15, -0.1) is 0 Å². The van der Waals surface area contributed by atoms with Gasteiger partial charge in [0.05, 0.1) is 11.9 Å². The van der Waals surface area contributed by atoms with Crippen LogP contribution in [0.25, 0.3) is 0 Å². The molecule has 1 atom stereocenters. The molecule has 2 aromatic carbocycles. The van der Waals surface area contributed by atoms with E-state index in [2.05, 4.69) is 21.2 Å². The standard InChI is InChI=1S/C24H30BrCl2N3O4S/c1-5-11-28-24(32)22(6-2)29(14-17-7-8-18(26)13-21(17)27)23(31)15-30(35(4,33)34)19-9-10-20(25)16(3)12-19/h7-10,12-13,22H,5-6,11,14-15H2,1-4H3,(H,28,32)/t22-/m1/s1. The number of benzene rings is 2. The third kappa shape index (κ3) is 8.10. The van der Waals surface area contributed by atoms with Crippen molar-refractivity contribution in [1.82, 2.24) is 10.2 Å². The van der Waals surface area contributed by atoms with Crippen LogP contribution in [0.15, 0.2) is 40.9 Å². The predicted molar refractivity (Wildman–Crippen MR) is 145 cm³/mol. The molecule has 192 valence electrons. The normalized spacial score (nSPS) is 12.2. The Hall–Kier alpha value is -1.81. The van der Waals surface area contributed by atoms with Crippen molar-refractivity contribution < 1.29 is 18.0 Å². The van der Waals surface area contributed by atoms with Gasteiger partial charge >= 0.3 is 0 Å². The first-order chi connectivity index (χ1) is 16.4. The van der Waals surface area contributed by atoms with Gasteiger partial charge in [0.2, 0.25) is 21.8 Å². The Morgan fingerprint density at radius 1 is 1.11 bits per heavy atom. The Labute approximate surface area is 225 Å². The lowest BCUT2D eigenvalue weighted by molar-refractivity contribution is -0.140. The molecule has 0 saturated carbocycles. The second kappa shape index (κ2) is 12.9. The first-order valence-electron chi connectivity index (χ1n) is 11.1. The lowest BCUT2D eigenvalue weighted by Crippen LogP contribution is -2.52. The van der Waals surface area contributed by atoms with Gasteiger partial charge in [0.25, 0.3) is 0 Å². The molecule has 7 nitrogen and oxygen atoms in total. The van der Waals surface area contributed by atoms with Crippen molar-refractivity contribution in [2.24, 2.45) is 0 Å². The van der Waals surface area contributed by atoms with E-state index >= 15 is 0 Å². The van der Waals surface area contributed by atoms with Crippen LogP contribution in [0.4, 0.5) is 5.69 Å². The number of nitrogens with one attached hydrogen (secondary N) is 1. The zero-order valence-electron chi connectivity index (χ0n) is 20.1. The molecule has 2 amide bonds. The van der Waals surface area contributed by atoms with Gasteiger partial charge in [-0.2, -0.15) is 0 Å². The Bertz CT molecular complexity index is 1180. The average molecular weight is 607 g/mol. The largest absolute Gasteiger partial charge is 0.354 e. The zero-order valence-corrected chi connectivity index (χ0v) is 24.1. The number of aryl methyl sites for hydroxylation is 1. The summed E-state index contributed by atoms with van der Waals surface area (Å²) in [5.74, 6) is -0.835. The summed E-state index contributed by atoms with van der Waals surface area (Å²) < 4.78 is 27.2. The monoisotopic (exact) mass is 605 g/mol. The van der Waals surface area contributed by atoms with Gasteiger partial charge in [0.1, 0.15) is 12.6 Å². The van der Waals surface area contributed by atoms with E-state index in [1.54, 1.807) is 43.3 Å². The number of hydrogen-bond donors (Lipinski definition) is 1. The molecule has 0 heterocycles. The van der Waals surface area contributed by atoms with Crippen LogP contribution < -0.4 is 9.62 Å². The van der Waals surface area contributed by atoms with Gasteiger partial charge in [-0.05, 0) is 61.2 Å². The van der Waals surface area contributed by atoms with Crippen LogP contribution in [-0.4, -0.2) is 50.5 Å². The van der Waals surface area contributed by atoms with Crippen molar-refractivity contribution in [1.29, 1.82) is 0 Å². The number of anilines is 1. The van der Waals surface area contributed by atoms with E-state index in [1.165, 1.54) is 4.90 Å². The fraction of sp³-hybridized carbons (Fsp3) is 0.417. The van der Waals surface area contributed by atoms with Crippen molar-refractivity contribution in [3.05, 3.63) is 62.0 Å². The van der Waals surface area contributed by atoms with Crippen LogP contribution in [0.1, 0.15) is 37.8 Å². The summed E-state index contributed by atoms with van der Waals surface area (Å²) >= 11 is 15.8. The quantitative estimate of drug-likeness (QED) is 0.383. The molecular weight excluding hydrogens is 577 g/mol. The van der Waals surface area contributed by atoms with Gasteiger partial charge in [-0.1, -0.05) is 59.0 Å². The molecule has 0 aliphatic heterocycles. The second-order valence-electron chi connectivity index (χ2n) is 8.18. The molecule has 35 heavy (non-hydrogen) atoms. The van der Waals surface area contributed by atoms with E-state index in [-0.39, 0.29) is 12.5 Å². The van der Waals surface area contributed by atoms with Gasteiger partial charge in [0.15, 0.2) is 0 Å². The summed E-state index contributed by atoms with van der Waals surface area (Å²) in [5, 5.41) is 3.63. The number of hydrogen-bond acceptors (Lipinski definition) is 4. The number of carbonyl (C=O) groups excluding carboxylic acids is 2. The minimum Gasteiger partial charge on any atom is -0.354 e. The lowest BCUT2D eigenvalue weighted by atomic mass is 10.1. The summed E-state index contributed by atoms with van der Waals surface area (Å²) in [7, 11) is -3.80. The summed E-state index contributed by atoms with van der Waals surface area (Å²) in [6.45, 7) is 5.57. The minimum atomic E-state index is -3.80. The molecule has 2 rings (SSSR count). The highest BCUT2D eigenvalue weighted by Crippen LogP contribution is 2.27. The Morgan fingerprint density at radius 3 is 2.34 bits per heavy atom. The van der Waals surface area contributed by atoms with E-state index in [1.807, 2.05) is 13.8 Å². The van der Waals surface area contributed by atoms with Crippen molar-refractivity contribution in [3.8, 4) is 0 Å². The van der Waals surface area contributed by atoms with E-state index in [4.69, 9.17) is 23.2 Å². The molecular formula is C24H30BrCl2N3O4S. The highest BCUT2D eigenvalue weighted by atomic mass is 79.9. The molecule has 11 heteroatoms. The summed E-state index contributed by atoms with van der Waals surface area (Å²) in [5.41, 5.74) is 1.77. The Kier molecular flexibility index (Phi) is 10.9. The molecule has 0 saturated heterocycles. The fourth-order valence-electron chi connectivity index (χ4n) is 3.52. The molecule has 0 bridgehead atoms. The highest BCUT2D eigenvalue weighted by molar-refractivity contribution is 9.10. The van der Waals surface area contributed by atoms with Crippen LogP contribution >= 0.6 is 39.1 Å². The third-order valence-electron chi connectivity index (χ3n) is 5.40. The molecule has 0 fully saturated rings. The Balaban J connectivity index is 2.48. The van der Waals surface area contributed by atoms with Gasteiger partial charge in [-0.3, -0.25) is 13.9 Å². The SMILES string of the molecule is CCCNC(=O)[C@@H](CC)N(Cc1ccc(Cl)cc1Cl)C(=O)CN(c1ccc(Br)c(C)c1)S(C)(=O)=O. The van der Waals surface area contributed by atoms with Crippen LogP contribution in [0.2, 0.25) is 10.0 Å². The molecule has 0 radical (unpaired) electrons. The number of amides is 2. The van der Waals surface area contributed by atoms with Crippen molar-refractivity contribution in [3.63, 3.8) is 0 Å². The van der Waals surface area contributed by atoms with Crippen molar-refractivity contribution >= 4 is 66.7 Å². The number of sulfonamides is 1. The number of nitrogens with zero attached hydrogens (tertiary/aromatic N) is 2. The minimum absolute atomic E-state index is 0.0177. The maximum atomic E-state index is 13.6.